The van der Waals surface area contributed by atoms with Gasteiger partial charge >= 0.3 is 5.97 Å². The molecule has 110 valence electrons. The number of hydrogen-bond donors (Lipinski definition) is 1. The Balaban J connectivity index is 1.78. The van der Waals surface area contributed by atoms with Crippen molar-refractivity contribution in [3.63, 3.8) is 0 Å². The van der Waals surface area contributed by atoms with Crippen LogP contribution < -0.4 is 0 Å². The highest BCUT2D eigenvalue weighted by Gasteiger charge is 2.30. The Morgan fingerprint density at radius 2 is 2.33 bits per heavy atom. The van der Waals surface area contributed by atoms with Crippen molar-refractivity contribution in [2.24, 2.45) is 0 Å². The summed E-state index contributed by atoms with van der Waals surface area (Å²) in [6.07, 6.45) is 0.865. The lowest BCUT2D eigenvalue weighted by Gasteiger charge is -2.31. The van der Waals surface area contributed by atoms with Gasteiger partial charge in [-0.05, 0) is 18.2 Å². The molecule has 1 aliphatic heterocycles. The largest absolute Gasteiger partial charge is 0.467 e. The molecule has 1 aromatic heterocycles. The van der Waals surface area contributed by atoms with E-state index in [4.69, 9.17) is 4.74 Å². The van der Waals surface area contributed by atoms with Gasteiger partial charge in [0.2, 0.25) is 0 Å². The van der Waals surface area contributed by atoms with Gasteiger partial charge in [-0.2, -0.15) is 0 Å². The first-order chi connectivity index (χ1) is 10.2. The van der Waals surface area contributed by atoms with Crippen molar-refractivity contribution in [1.82, 2.24) is 14.9 Å². The van der Waals surface area contributed by atoms with E-state index >= 15 is 0 Å². The number of ether oxygens (including phenoxy) is 2. The van der Waals surface area contributed by atoms with Crippen LogP contribution in [0.15, 0.2) is 24.5 Å². The van der Waals surface area contributed by atoms with Crippen LogP contribution in [0.4, 0.5) is 0 Å². The molecule has 1 aromatic carbocycles. The first kappa shape index (κ1) is 13.6. The van der Waals surface area contributed by atoms with Gasteiger partial charge < -0.3 is 19.4 Å². The highest BCUT2D eigenvalue weighted by molar-refractivity contribution is 5.97. The fourth-order valence-electron chi connectivity index (χ4n) is 2.36. The Labute approximate surface area is 120 Å². The molecule has 1 aliphatic rings. The average Bonchev–Trinajstić information content (AvgIpc) is 3.01. The summed E-state index contributed by atoms with van der Waals surface area (Å²) in [6, 6.07) is 5.28. The molecule has 1 fully saturated rings. The lowest BCUT2D eigenvalue weighted by Crippen LogP contribution is -2.48. The number of esters is 1. The second kappa shape index (κ2) is 5.53. The molecule has 0 radical (unpaired) electrons. The van der Waals surface area contributed by atoms with Crippen LogP contribution in [0.2, 0.25) is 0 Å². The van der Waals surface area contributed by atoms with Crippen molar-refractivity contribution in [1.29, 1.82) is 0 Å². The molecule has 0 bridgehead atoms. The highest BCUT2D eigenvalue weighted by atomic mass is 16.6. The number of fused-ring (bicyclic) bond motifs is 1. The van der Waals surface area contributed by atoms with E-state index in [1.54, 1.807) is 29.4 Å². The first-order valence-corrected chi connectivity index (χ1v) is 6.61. The summed E-state index contributed by atoms with van der Waals surface area (Å²) in [5.41, 5.74) is 2.16. The Hall–Kier alpha value is -2.41. The maximum Gasteiger partial charge on any atom is 0.336 e. The summed E-state index contributed by atoms with van der Waals surface area (Å²) >= 11 is 0. The van der Waals surface area contributed by atoms with Crippen LogP contribution in [0, 0.1) is 0 Å². The number of nitrogens with zero attached hydrogens (tertiary/aromatic N) is 2. The van der Waals surface area contributed by atoms with Crippen LogP contribution in [0.1, 0.15) is 10.4 Å². The number of morpholine rings is 1. The number of methoxy groups -OCH3 is 1. The van der Waals surface area contributed by atoms with Gasteiger partial charge in [-0.15, -0.1) is 0 Å². The predicted octanol–water partition coefficient (Wildman–Crippen LogP) is 0.577. The maximum absolute atomic E-state index is 12.5. The van der Waals surface area contributed by atoms with E-state index in [-0.39, 0.29) is 12.5 Å². The van der Waals surface area contributed by atoms with Gasteiger partial charge in [0.05, 0.1) is 37.6 Å². The second-order valence-corrected chi connectivity index (χ2v) is 4.77. The molecule has 1 atom stereocenters. The second-order valence-electron chi connectivity index (χ2n) is 4.77. The molecule has 1 saturated heterocycles. The van der Waals surface area contributed by atoms with Gasteiger partial charge in [0.1, 0.15) is 0 Å². The molecule has 1 unspecified atom stereocenters. The molecule has 0 saturated carbocycles. The lowest BCUT2D eigenvalue weighted by atomic mass is 10.1. The van der Waals surface area contributed by atoms with E-state index in [0.717, 1.165) is 11.0 Å². The number of H-pyrrole nitrogens is 1. The van der Waals surface area contributed by atoms with Crippen molar-refractivity contribution >= 4 is 22.9 Å². The maximum atomic E-state index is 12.5. The number of aromatic nitrogens is 2. The summed E-state index contributed by atoms with van der Waals surface area (Å²) in [6.45, 7) is 0.970. The summed E-state index contributed by atoms with van der Waals surface area (Å²) in [5, 5.41) is 0. The summed E-state index contributed by atoms with van der Waals surface area (Å²) < 4.78 is 9.98. The molecule has 7 nitrogen and oxygen atoms in total. The fraction of sp³-hybridized carbons (Fsp3) is 0.357. The minimum absolute atomic E-state index is 0.135. The number of rotatable bonds is 2. The van der Waals surface area contributed by atoms with Crippen molar-refractivity contribution in [2.45, 2.75) is 6.10 Å². The number of imidazole rings is 1. The third kappa shape index (κ3) is 2.59. The van der Waals surface area contributed by atoms with E-state index in [1.165, 1.54) is 7.11 Å². The number of hydrogen-bond acceptors (Lipinski definition) is 5. The Morgan fingerprint density at radius 3 is 3.14 bits per heavy atom. The third-order valence-electron chi connectivity index (χ3n) is 3.48. The lowest BCUT2D eigenvalue weighted by molar-refractivity contribution is -0.158. The summed E-state index contributed by atoms with van der Waals surface area (Å²) in [4.78, 5) is 32.7. The van der Waals surface area contributed by atoms with Crippen molar-refractivity contribution in [3.8, 4) is 0 Å². The monoisotopic (exact) mass is 289 g/mol. The molecule has 3 rings (SSSR count). The minimum Gasteiger partial charge on any atom is -0.467 e. The van der Waals surface area contributed by atoms with Crippen molar-refractivity contribution in [3.05, 3.63) is 30.1 Å². The molecule has 1 N–H and O–H groups in total. The fourth-order valence-corrected chi connectivity index (χ4v) is 2.36. The molecule has 21 heavy (non-hydrogen) atoms. The van der Waals surface area contributed by atoms with Crippen LogP contribution in [0.25, 0.3) is 11.0 Å². The highest BCUT2D eigenvalue weighted by Crippen LogP contribution is 2.15. The van der Waals surface area contributed by atoms with Crippen molar-refractivity contribution in [2.75, 3.05) is 26.8 Å². The van der Waals surface area contributed by atoms with E-state index < -0.39 is 12.1 Å². The number of carbonyl (C=O) groups is 2. The number of nitrogens with one attached hydrogen (secondary N) is 1. The van der Waals surface area contributed by atoms with Gasteiger partial charge in [0.25, 0.3) is 5.91 Å². The topological polar surface area (TPSA) is 84.5 Å². The van der Waals surface area contributed by atoms with Gasteiger partial charge in [-0.25, -0.2) is 9.78 Å². The van der Waals surface area contributed by atoms with Crippen LogP contribution in [0.3, 0.4) is 0 Å². The molecule has 1 amide bonds. The predicted molar refractivity (Wildman–Crippen MR) is 73.8 cm³/mol. The number of benzene rings is 1. The van der Waals surface area contributed by atoms with Gasteiger partial charge in [-0.1, -0.05) is 0 Å². The standard InChI is InChI=1S/C14H15N3O4/c1-20-14(19)12-7-17(4-5-21-12)13(18)9-2-3-10-11(6-9)16-8-15-10/h2-3,6,8,12H,4-5,7H2,1H3,(H,15,16). The number of aromatic amines is 1. The summed E-state index contributed by atoms with van der Waals surface area (Å²) in [7, 11) is 1.30. The molecular formula is C14H15N3O4. The average molecular weight is 289 g/mol. The first-order valence-electron chi connectivity index (χ1n) is 6.61. The van der Waals surface area contributed by atoms with E-state index in [1.807, 2.05) is 0 Å². The van der Waals surface area contributed by atoms with Crippen molar-refractivity contribution < 1.29 is 19.1 Å². The van der Waals surface area contributed by atoms with Crippen LogP contribution >= 0.6 is 0 Å². The van der Waals surface area contributed by atoms with Crippen LogP contribution in [0.5, 0.6) is 0 Å². The van der Waals surface area contributed by atoms with Gasteiger partial charge in [0, 0.05) is 12.1 Å². The van der Waals surface area contributed by atoms with Crippen LogP contribution in [-0.4, -0.2) is 59.7 Å². The molecule has 2 heterocycles. The molecular weight excluding hydrogens is 274 g/mol. The minimum atomic E-state index is -0.719. The van der Waals surface area contributed by atoms with E-state index in [2.05, 4.69) is 14.7 Å². The summed E-state index contributed by atoms with van der Waals surface area (Å²) in [5.74, 6) is -0.597. The number of carbonyl (C=O) groups excluding carboxylic acids is 2. The Morgan fingerprint density at radius 1 is 1.48 bits per heavy atom. The zero-order chi connectivity index (χ0) is 14.8. The number of amides is 1. The third-order valence-corrected chi connectivity index (χ3v) is 3.48. The molecule has 0 aliphatic carbocycles. The zero-order valence-corrected chi connectivity index (χ0v) is 11.5. The van der Waals surface area contributed by atoms with Gasteiger partial charge in [-0.3, -0.25) is 4.79 Å². The van der Waals surface area contributed by atoms with E-state index in [0.29, 0.717) is 18.7 Å². The Kier molecular flexibility index (Phi) is 3.57. The zero-order valence-electron chi connectivity index (χ0n) is 11.5. The molecule has 0 spiro atoms. The SMILES string of the molecule is COC(=O)C1CN(C(=O)c2ccc3nc[nH]c3c2)CCO1. The molecule has 2 aromatic rings. The Bertz CT molecular complexity index is 682. The van der Waals surface area contributed by atoms with Gasteiger partial charge in [0.15, 0.2) is 6.10 Å². The normalized spacial score (nSPS) is 18.7. The van der Waals surface area contributed by atoms with E-state index in [9.17, 15) is 9.59 Å². The quantitative estimate of drug-likeness (QED) is 0.817. The van der Waals surface area contributed by atoms with Crippen LogP contribution in [-0.2, 0) is 14.3 Å². The molecule has 7 heteroatoms. The smallest absolute Gasteiger partial charge is 0.336 e.